The van der Waals surface area contributed by atoms with Gasteiger partial charge in [-0.2, -0.15) is 5.10 Å². The van der Waals surface area contributed by atoms with Gasteiger partial charge < -0.3 is 14.3 Å². The number of methoxy groups -OCH3 is 1. The molecule has 0 spiro atoms. The first-order valence-corrected chi connectivity index (χ1v) is 6.38. The smallest absolute Gasteiger partial charge is 0.161 e. The Morgan fingerprint density at radius 1 is 1.30 bits per heavy atom. The number of aryl methyl sites for hydroxylation is 2. The maximum absolute atomic E-state index is 9.78. The van der Waals surface area contributed by atoms with Gasteiger partial charge in [-0.3, -0.25) is 5.10 Å². The molecule has 2 N–H and O–H groups in total. The van der Waals surface area contributed by atoms with E-state index in [9.17, 15) is 5.11 Å². The summed E-state index contributed by atoms with van der Waals surface area (Å²) in [6.45, 7) is 3.95. The number of nitrogens with one attached hydrogen (secondary N) is 1. The van der Waals surface area contributed by atoms with E-state index >= 15 is 0 Å². The minimum Gasteiger partial charge on any atom is -0.504 e. The first-order valence-electron chi connectivity index (χ1n) is 6.38. The zero-order valence-corrected chi connectivity index (χ0v) is 11.7. The van der Waals surface area contributed by atoms with Crippen LogP contribution in [0.25, 0.3) is 11.0 Å². The van der Waals surface area contributed by atoms with E-state index in [2.05, 4.69) is 10.2 Å². The Kier molecular flexibility index (Phi) is 2.89. The largest absolute Gasteiger partial charge is 0.504 e. The highest BCUT2D eigenvalue weighted by molar-refractivity contribution is 5.88. The van der Waals surface area contributed by atoms with Crippen LogP contribution in [0.5, 0.6) is 11.5 Å². The third-order valence-corrected chi connectivity index (χ3v) is 3.64. The van der Waals surface area contributed by atoms with Gasteiger partial charge in [-0.25, -0.2) is 0 Å². The van der Waals surface area contributed by atoms with Crippen LogP contribution in [0, 0.1) is 13.8 Å². The third kappa shape index (κ3) is 1.82. The monoisotopic (exact) mass is 272 g/mol. The Morgan fingerprint density at radius 3 is 2.75 bits per heavy atom. The van der Waals surface area contributed by atoms with Crippen LogP contribution in [0.15, 0.2) is 22.8 Å². The van der Waals surface area contributed by atoms with Crippen molar-refractivity contribution in [3.63, 3.8) is 0 Å². The summed E-state index contributed by atoms with van der Waals surface area (Å²) in [5.41, 5.74) is 4.67. The molecule has 3 rings (SSSR count). The van der Waals surface area contributed by atoms with Gasteiger partial charge in [-0.05, 0) is 26.0 Å². The van der Waals surface area contributed by atoms with Crippen LogP contribution >= 0.6 is 0 Å². The van der Waals surface area contributed by atoms with Gasteiger partial charge in [-0.15, -0.1) is 0 Å². The summed E-state index contributed by atoms with van der Waals surface area (Å²) in [5.74, 6) is 0.886. The second-order valence-electron chi connectivity index (χ2n) is 4.83. The Morgan fingerprint density at radius 2 is 2.10 bits per heavy atom. The van der Waals surface area contributed by atoms with E-state index < -0.39 is 0 Å². The Balaban J connectivity index is 2.18. The average Bonchev–Trinajstić information content (AvgIpc) is 2.97. The molecule has 0 saturated carbocycles. The Labute approximate surface area is 116 Å². The lowest BCUT2D eigenvalue weighted by atomic mass is 10.0. The standard InChI is InChI=1S/C15H16N2O3/c1-8-11(9(2)17-16-8)6-12-14(19-3)5-4-10-13(18)7-20-15(10)12/h4-5,7,18H,6H2,1-3H3,(H,16,17). The zero-order chi connectivity index (χ0) is 14.3. The normalized spacial score (nSPS) is 11.2. The predicted molar refractivity (Wildman–Crippen MR) is 75.3 cm³/mol. The quantitative estimate of drug-likeness (QED) is 0.768. The number of aromatic hydroxyl groups is 1. The summed E-state index contributed by atoms with van der Waals surface area (Å²) in [7, 11) is 1.63. The molecule has 0 unspecified atom stereocenters. The van der Waals surface area contributed by atoms with E-state index in [1.54, 1.807) is 13.2 Å². The van der Waals surface area contributed by atoms with E-state index in [-0.39, 0.29) is 5.75 Å². The topological polar surface area (TPSA) is 71.3 Å². The number of aromatic nitrogens is 2. The lowest BCUT2D eigenvalue weighted by Crippen LogP contribution is -1.96. The maximum atomic E-state index is 9.78. The van der Waals surface area contributed by atoms with Crippen molar-refractivity contribution >= 4 is 11.0 Å². The molecule has 0 aliphatic carbocycles. The molecule has 2 heterocycles. The second-order valence-corrected chi connectivity index (χ2v) is 4.83. The molecule has 0 saturated heterocycles. The molecule has 2 aromatic heterocycles. The van der Waals surface area contributed by atoms with Gasteiger partial charge in [0.15, 0.2) is 5.75 Å². The molecule has 5 nitrogen and oxygen atoms in total. The highest BCUT2D eigenvalue weighted by atomic mass is 16.5. The average molecular weight is 272 g/mol. The van der Waals surface area contributed by atoms with Crippen molar-refractivity contribution < 1.29 is 14.3 Å². The van der Waals surface area contributed by atoms with Crippen LogP contribution in [0.4, 0.5) is 0 Å². The van der Waals surface area contributed by atoms with Crippen LogP contribution < -0.4 is 4.74 Å². The fourth-order valence-corrected chi connectivity index (χ4v) is 2.49. The van der Waals surface area contributed by atoms with Gasteiger partial charge in [0.25, 0.3) is 0 Å². The summed E-state index contributed by atoms with van der Waals surface area (Å²) in [4.78, 5) is 0. The van der Waals surface area contributed by atoms with E-state index in [1.807, 2.05) is 19.9 Å². The van der Waals surface area contributed by atoms with Crippen molar-refractivity contribution in [2.75, 3.05) is 7.11 Å². The van der Waals surface area contributed by atoms with Crippen molar-refractivity contribution in [3.05, 3.63) is 40.9 Å². The molecule has 20 heavy (non-hydrogen) atoms. The number of benzene rings is 1. The van der Waals surface area contributed by atoms with Gasteiger partial charge in [-0.1, -0.05) is 0 Å². The molecule has 5 heteroatoms. The predicted octanol–water partition coefficient (Wildman–Crippen LogP) is 3.08. The Hall–Kier alpha value is -2.43. The Bertz CT molecular complexity index is 751. The lowest BCUT2D eigenvalue weighted by Gasteiger charge is -2.09. The number of hydrogen-bond donors (Lipinski definition) is 2. The summed E-state index contributed by atoms with van der Waals surface area (Å²) in [6, 6.07) is 3.64. The minimum atomic E-state index is 0.143. The van der Waals surface area contributed by atoms with Crippen LogP contribution in [0.2, 0.25) is 0 Å². The molecule has 0 radical (unpaired) electrons. The first kappa shape index (κ1) is 12.6. The number of aromatic amines is 1. The molecule has 0 atom stereocenters. The number of hydrogen-bond acceptors (Lipinski definition) is 4. The summed E-state index contributed by atoms with van der Waals surface area (Å²) < 4.78 is 10.9. The van der Waals surface area contributed by atoms with Crippen molar-refractivity contribution in [1.29, 1.82) is 0 Å². The van der Waals surface area contributed by atoms with Crippen LogP contribution in [-0.2, 0) is 6.42 Å². The van der Waals surface area contributed by atoms with Gasteiger partial charge in [0, 0.05) is 23.2 Å². The fraction of sp³-hybridized carbons (Fsp3) is 0.267. The fourth-order valence-electron chi connectivity index (χ4n) is 2.49. The molecule has 0 bridgehead atoms. The molecule has 104 valence electrons. The summed E-state index contributed by atoms with van der Waals surface area (Å²) in [6.07, 6.45) is 1.99. The highest BCUT2D eigenvalue weighted by Gasteiger charge is 2.17. The molecular weight excluding hydrogens is 256 g/mol. The van der Waals surface area contributed by atoms with Crippen LogP contribution in [-0.4, -0.2) is 22.4 Å². The van der Waals surface area contributed by atoms with Crippen molar-refractivity contribution in [1.82, 2.24) is 10.2 Å². The molecule has 0 aliphatic rings. The van der Waals surface area contributed by atoms with Crippen molar-refractivity contribution in [3.8, 4) is 11.5 Å². The highest BCUT2D eigenvalue weighted by Crippen LogP contribution is 2.36. The molecular formula is C15H16N2O3. The molecule has 3 aromatic rings. The van der Waals surface area contributed by atoms with Gasteiger partial charge in [0.2, 0.25) is 0 Å². The SMILES string of the molecule is COc1ccc2c(O)coc2c1Cc1c(C)n[nH]c1C. The lowest BCUT2D eigenvalue weighted by molar-refractivity contribution is 0.410. The van der Waals surface area contributed by atoms with E-state index in [4.69, 9.17) is 9.15 Å². The van der Waals surface area contributed by atoms with Crippen LogP contribution in [0.1, 0.15) is 22.5 Å². The zero-order valence-electron chi connectivity index (χ0n) is 11.7. The van der Waals surface area contributed by atoms with E-state index in [1.165, 1.54) is 6.26 Å². The van der Waals surface area contributed by atoms with Crippen molar-refractivity contribution in [2.45, 2.75) is 20.3 Å². The molecule has 1 aromatic carbocycles. The van der Waals surface area contributed by atoms with E-state index in [0.29, 0.717) is 17.4 Å². The second kappa shape index (κ2) is 4.59. The molecule has 0 amide bonds. The molecule has 0 aliphatic heterocycles. The number of rotatable bonds is 3. The number of ether oxygens (including phenoxy) is 1. The first-order chi connectivity index (χ1) is 9.61. The van der Waals surface area contributed by atoms with Crippen LogP contribution in [0.3, 0.4) is 0 Å². The van der Waals surface area contributed by atoms with Gasteiger partial charge in [0.1, 0.15) is 17.6 Å². The van der Waals surface area contributed by atoms with Gasteiger partial charge >= 0.3 is 0 Å². The maximum Gasteiger partial charge on any atom is 0.161 e. The number of nitrogens with zero attached hydrogens (tertiary/aromatic N) is 1. The number of furan rings is 1. The van der Waals surface area contributed by atoms with Crippen molar-refractivity contribution in [2.24, 2.45) is 0 Å². The van der Waals surface area contributed by atoms with Gasteiger partial charge in [0.05, 0.1) is 18.2 Å². The summed E-state index contributed by atoms with van der Waals surface area (Å²) >= 11 is 0. The summed E-state index contributed by atoms with van der Waals surface area (Å²) in [5, 5.41) is 17.7. The number of H-pyrrole nitrogens is 1. The third-order valence-electron chi connectivity index (χ3n) is 3.64. The minimum absolute atomic E-state index is 0.143. The number of fused-ring (bicyclic) bond motifs is 1. The molecule has 0 fully saturated rings. The van der Waals surface area contributed by atoms with E-state index in [0.717, 1.165) is 28.3 Å².